The van der Waals surface area contributed by atoms with E-state index in [1.165, 1.54) is 11.7 Å². The average molecular weight is 376 g/mol. The van der Waals surface area contributed by atoms with E-state index in [0.29, 0.717) is 0 Å². The molecule has 3 aromatic rings. The standard InChI is InChI=1S/C10H4Br2N2S2/c11-8-4-6(10(12)15-8)5-2-1-3-7-9(5)14-16-13-7/h1-4H. The maximum Gasteiger partial charge on any atom is 0.112 e. The number of nitrogens with zero attached hydrogens (tertiary/aromatic N) is 2. The lowest BCUT2D eigenvalue weighted by Crippen LogP contribution is -1.78. The Kier molecular flexibility index (Phi) is 2.83. The van der Waals surface area contributed by atoms with Crippen molar-refractivity contribution in [3.63, 3.8) is 0 Å². The van der Waals surface area contributed by atoms with E-state index < -0.39 is 0 Å². The number of aromatic nitrogens is 2. The summed E-state index contributed by atoms with van der Waals surface area (Å²) in [6, 6.07) is 8.17. The molecule has 0 atom stereocenters. The van der Waals surface area contributed by atoms with Gasteiger partial charge in [-0.25, -0.2) is 0 Å². The Labute approximate surface area is 117 Å². The Morgan fingerprint density at radius 3 is 2.69 bits per heavy atom. The molecule has 2 aromatic heterocycles. The van der Waals surface area contributed by atoms with Gasteiger partial charge >= 0.3 is 0 Å². The van der Waals surface area contributed by atoms with Gasteiger partial charge in [0.2, 0.25) is 0 Å². The molecular formula is C10H4Br2N2S2. The molecular weight excluding hydrogens is 372 g/mol. The van der Waals surface area contributed by atoms with Crippen LogP contribution in [0.25, 0.3) is 22.2 Å². The van der Waals surface area contributed by atoms with Gasteiger partial charge in [0.15, 0.2) is 0 Å². The number of halogens is 2. The highest BCUT2D eigenvalue weighted by atomic mass is 79.9. The number of hydrogen-bond acceptors (Lipinski definition) is 4. The van der Waals surface area contributed by atoms with Crippen LogP contribution in [0.2, 0.25) is 0 Å². The third-order valence-electron chi connectivity index (χ3n) is 2.23. The number of hydrogen-bond donors (Lipinski definition) is 0. The van der Waals surface area contributed by atoms with Gasteiger partial charge in [-0.05, 0) is 44.0 Å². The van der Waals surface area contributed by atoms with Crippen molar-refractivity contribution < 1.29 is 0 Å². The normalized spacial score (nSPS) is 11.1. The van der Waals surface area contributed by atoms with Crippen molar-refractivity contribution in [3.05, 3.63) is 31.8 Å². The predicted molar refractivity (Wildman–Crippen MR) is 76.1 cm³/mol. The predicted octanol–water partition coefficient (Wildman–Crippen LogP) is 4.94. The molecule has 0 aliphatic carbocycles. The van der Waals surface area contributed by atoms with Gasteiger partial charge in [0, 0.05) is 11.1 Å². The van der Waals surface area contributed by atoms with Gasteiger partial charge in [0.1, 0.15) is 11.0 Å². The molecule has 0 saturated heterocycles. The summed E-state index contributed by atoms with van der Waals surface area (Å²) in [6.07, 6.45) is 0. The Morgan fingerprint density at radius 2 is 1.94 bits per heavy atom. The first-order chi connectivity index (χ1) is 7.75. The molecule has 1 aromatic carbocycles. The molecule has 80 valence electrons. The SMILES string of the molecule is Brc1cc(-c2cccc3nsnc23)c(Br)s1. The summed E-state index contributed by atoms with van der Waals surface area (Å²) in [7, 11) is 0. The molecule has 16 heavy (non-hydrogen) atoms. The smallest absolute Gasteiger partial charge is 0.112 e. The molecule has 0 aliphatic heterocycles. The lowest BCUT2D eigenvalue weighted by atomic mass is 10.1. The van der Waals surface area contributed by atoms with Gasteiger partial charge < -0.3 is 0 Å². The number of thiophene rings is 1. The summed E-state index contributed by atoms with van der Waals surface area (Å²) in [5.41, 5.74) is 4.21. The van der Waals surface area contributed by atoms with Gasteiger partial charge in [0.25, 0.3) is 0 Å². The molecule has 6 heteroatoms. The van der Waals surface area contributed by atoms with Crippen LogP contribution in [0.15, 0.2) is 31.8 Å². The fourth-order valence-corrected chi connectivity index (χ4v) is 4.94. The highest BCUT2D eigenvalue weighted by Crippen LogP contribution is 2.40. The van der Waals surface area contributed by atoms with Crippen LogP contribution in [0.4, 0.5) is 0 Å². The molecule has 0 spiro atoms. The van der Waals surface area contributed by atoms with Crippen molar-refractivity contribution in [2.75, 3.05) is 0 Å². The van der Waals surface area contributed by atoms with Gasteiger partial charge in [-0.3, -0.25) is 0 Å². The van der Waals surface area contributed by atoms with E-state index >= 15 is 0 Å². The lowest BCUT2D eigenvalue weighted by Gasteiger charge is -1.99. The first-order valence-corrected chi connectivity index (χ1v) is 7.55. The second kappa shape index (κ2) is 4.18. The van der Waals surface area contributed by atoms with E-state index in [-0.39, 0.29) is 0 Å². The molecule has 0 fully saturated rings. The molecule has 0 radical (unpaired) electrons. The monoisotopic (exact) mass is 374 g/mol. The maximum atomic E-state index is 4.34. The van der Waals surface area contributed by atoms with Crippen LogP contribution in [-0.4, -0.2) is 8.75 Å². The Bertz CT molecular complexity index is 660. The van der Waals surface area contributed by atoms with Crippen molar-refractivity contribution in [1.82, 2.24) is 8.75 Å². The summed E-state index contributed by atoms with van der Waals surface area (Å²) >= 11 is 9.98. The van der Waals surface area contributed by atoms with E-state index in [4.69, 9.17) is 0 Å². The average Bonchev–Trinajstić information content (AvgIpc) is 2.84. The summed E-state index contributed by atoms with van der Waals surface area (Å²) in [5, 5.41) is 0. The van der Waals surface area contributed by atoms with Crippen LogP contribution in [0, 0.1) is 0 Å². The Morgan fingerprint density at radius 1 is 1.06 bits per heavy atom. The molecule has 0 aliphatic rings. The third kappa shape index (κ3) is 1.73. The van der Waals surface area contributed by atoms with Crippen LogP contribution in [0.1, 0.15) is 0 Å². The van der Waals surface area contributed by atoms with E-state index in [0.717, 1.165) is 29.7 Å². The van der Waals surface area contributed by atoms with Crippen molar-refractivity contribution in [2.24, 2.45) is 0 Å². The van der Waals surface area contributed by atoms with E-state index in [1.807, 2.05) is 12.1 Å². The molecule has 2 heterocycles. The largest absolute Gasteiger partial charge is 0.173 e. The van der Waals surface area contributed by atoms with Gasteiger partial charge in [-0.1, -0.05) is 12.1 Å². The minimum Gasteiger partial charge on any atom is -0.173 e. The molecule has 0 bridgehead atoms. The zero-order chi connectivity index (χ0) is 11.1. The Hall–Kier alpha value is -0.300. The summed E-state index contributed by atoms with van der Waals surface area (Å²) < 4.78 is 10.8. The topological polar surface area (TPSA) is 25.8 Å². The second-order valence-electron chi connectivity index (χ2n) is 3.18. The summed E-state index contributed by atoms with van der Waals surface area (Å²) in [6.45, 7) is 0. The fourth-order valence-electron chi connectivity index (χ4n) is 1.55. The molecule has 0 amide bonds. The van der Waals surface area contributed by atoms with Crippen LogP contribution in [0.3, 0.4) is 0 Å². The molecule has 2 nitrogen and oxygen atoms in total. The van der Waals surface area contributed by atoms with Crippen molar-refractivity contribution in [2.45, 2.75) is 0 Å². The highest BCUT2D eigenvalue weighted by Gasteiger charge is 2.12. The van der Waals surface area contributed by atoms with Crippen LogP contribution in [0.5, 0.6) is 0 Å². The second-order valence-corrected chi connectivity index (χ2v) is 7.45. The minimum absolute atomic E-state index is 0.955. The maximum absolute atomic E-state index is 4.34. The number of fused-ring (bicyclic) bond motifs is 1. The molecule has 3 rings (SSSR count). The van der Waals surface area contributed by atoms with Crippen molar-refractivity contribution >= 4 is 66.0 Å². The van der Waals surface area contributed by atoms with Crippen molar-refractivity contribution in [3.8, 4) is 11.1 Å². The highest BCUT2D eigenvalue weighted by molar-refractivity contribution is 9.12. The number of rotatable bonds is 1. The first-order valence-electron chi connectivity index (χ1n) is 4.42. The van der Waals surface area contributed by atoms with E-state index in [9.17, 15) is 0 Å². The van der Waals surface area contributed by atoms with Crippen molar-refractivity contribution in [1.29, 1.82) is 0 Å². The molecule has 0 unspecified atom stereocenters. The summed E-state index contributed by atoms with van der Waals surface area (Å²) in [5.74, 6) is 0. The first kappa shape index (κ1) is 10.8. The van der Waals surface area contributed by atoms with Crippen LogP contribution in [-0.2, 0) is 0 Å². The molecule has 0 N–H and O–H groups in total. The van der Waals surface area contributed by atoms with Gasteiger partial charge in [-0.2, -0.15) is 8.75 Å². The zero-order valence-corrected chi connectivity index (χ0v) is 12.6. The number of benzene rings is 1. The third-order valence-corrected chi connectivity index (χ3v) is 5.11. The van der Waals surface area contributed by atoms with Gasteiger partial charge in [0.05, 0.1) is 19.3 Å². The lowest BCUT2D eigenvalue weighted by molar-refractivity contribution is 1.62. The van der Waals surface area contributed by atoms with E-state index in [2.05, 4.69) is 52.7 Å². The van der Waals surface area contributed by atoms with Crippen LogP contribution < -0.4 is 0 Å². The fraction of sp³-hybridized carbons (Fsp3) is 0. The van der Waals surface area contributed by atoms with E-state index in [1.54, 1.807) is 11.3 Å². The Balaban J connectivity index is 2.33. The van der Waals surface area contributed by atoms with Gasteiger partial charge in [-0.15, -0.1) is 11.3 Å². The minimum atomic E-state index is 0.955. The van der Waals surface area contributed by atoms with Crippen LogP contribution >= 0.6 is 54.9 Å². The molecule has 0 saturated carbocycles. The summed E-state index contributed by atoms with van der Waals surface area (Å²) in [4.78, 5) is 0. The quantitative estimate of drug-likeness (QED) is 0.601. The zero-order valence-electron chi connectivity index (χ0n) is 7.78.